The Bertz CT molecular complexity index is 224. The van der Waals surface area contributed by atoms with E-state index in [-0.39, 0.29) is 0 Å². The monoisotopic (exact) mass is 221 g/mol. The highest BCUT2D eigenvalue weighted by molar-refractivity contribution is 4.97. The fourth-order valence-corrected chi connectivity index (χ4v) is 4.54. The van der Waals surface area contributed by atoms with Crippen LogP contribution in [0.4, 0.5) is 0 Å². The minimum atomic E-state index is 0.866. The van der Waals surface area contributed by atoms with Gasteiger partial charge in [-0.15, -0.1) is 0 Å². The van der Waals surface area contributed by atoms with E-state index in [2.05, 4.69) is 19.2 Å². The largest absolute Gasteiger partial charge is 0.311 e. The molecule has 0 aromatic rings. The van der Waals surface area contributed by atoms with Gasteiger partial charge < -0.3 is 5.32 Å². The lowest BCUT2D eigenvalue weighted by atomic mass is 9.65. The molecule has 0 bridgehead atoms. The molecule has 0 spiro atoms. The predicted molar refractivity (Wildman–Crippen MR) is 68.3 cm³/mol. The summed E-state index contributed by atoms with van der Waals surface area (Å²) in [5.74, 6) is 3.93. The van der Waals surface area contributed by atoms with Gasteiger partial charge in [0.15, 0.2) is 0 Å². The molecule has 3 aliphatic rings. The molecule has 1 saturated heterocycles. The van der Waals surface area contributed by atoms with Crippen LogP contribution in [0, 0.1) is 23.7 Å². The van der Waals surface area contributed by atoms with E-state index in [1.54, 1.807) is 6.42 Å². The van der Waals surface area contributed by atoms with Crippen molar-refractivity contribution in [3.63, 3.8) is 0 Å². The van der Waals surface area contributed by atoms with Gasteiger partial charge in [-0.2, -0.15) is 0 Å². The Hall–Kier alpha value is -0.0400. The van der Waals surface area contributed by atoms with Gasteiger partial charge >= 0.3 is 0 Å². The Labute approximate surface area is 100 Å². The molecule has 1 heterocycles. The Kier molecular flexibility index (Phi) is 2.99. The summed E-state index contributed by atoms with van der Waals surface area (Å²) in [6.45, 7) is 4.92. The molecule has 1 N–H and O–H groups in total. The van der Waals surface area contributed by atoms with Crippen LogP contribution in [0.3, 0.4) is 0 Å². The molecule has 0 aromatic heterocycles. The standard InChI is InChI=1S/C15H27N/c1-10-7-13-9-12-5-3-4-6-14(12)16-15(13)8-11(10)2/h10-16H,3-9H2,1-2H3. The van der Waals surface area contributed by atoms with E-state index >= 15 is 0 Å². The zero-order valence-electron chi connectivity index (χ0n) is 10.9. The van der Waals surface area contributed by atoms with Gasteiger partial charge in [-0.1, -0.05) is 26.7 Å². The maximum atomic E-state index is 4.01. The van der Waals surface area contributed by atoms with Crippen molar-refractivity contribution in [1.29, 1.82) is 0 Å². The first kappa shape index (κ1) is 11.1. The summed E-state index contributed by atoms with van der Waals surface area (Å²) in [6, 6.07) is 1.75. The van der Waals surface area contributed by atoms with Crippen LogP contribution in [0.5, 0.6) is 0 Å². The summed E-state index contributed by atoms with van der Waals surface area (Å²) in [4.78, 5) is 0. The Morgan fingerprint density at radius 1 is 0.750 bits per heavy atom. The van der Waals surface area contributed by atoms with Crippen LogP contribution >= 0.6 is 0 Å². The average Bonchev–Trinajstić information content (AvgIpc) is 2.28. The fraction of sp³-hybridized carbons (Fsp3) is 1.00. The number of piperidine rings is 1. The van der Waals surface area contributed by atoms with E-state index in [4.69, 9.17) is 0 Å². The van der Waals surface area contributed by atoms with Crippen LogP contribution < -0.4 is 5.32 Å². The molecule has 92 valence electrons. The van der Waals surface area contributed by atoms with Crippen molar-refractivity contribution < 1.29 is 0 Å². The zero-order valence-corrected chi connectivity index (χ0v) is 10.9. The summed E-state index contributed by atoms with van der Waals surface area (Å²) in [7, 11) is 0. The van der Waals surface area contributed by atoms with Crippen molar-refractivity contribution in [2.75, 3.05) is 0 Å². The molecule has 16 heavy (non-hydrogen) atoms. The number of fused-ring (bicyclic) bond motifs is 2. The summed E-state index contributed by atoms with van der Waals surface area (Å²) >= 11 is 0. The van der Waals surface area contributed by atoms with E-state index in [1.807, 2.05) is 0 Å². The number of nitrogens with one attached hydrogen (secondary N) is 1. The van der Waals surface area contributed by atoms with Crippen molar-refractivity contribution in [1.82, 2.24) is 5.32 Å². The van der Waals surface area contributed by atoms with Gasteiger partial charge in [-0.05, 0) is 55.8 Å². The van der Waals surface area contributed by atoms with Gasteiger partial charge in [0, 0.05) is 12.1 Å². The average molecular weight is 221 g/mol. The highest BCUT2D eigenvalue weighted by atomic mass is 15.0. The van der Waals surface area contributed by atoms with Crippen LogP contribution in [0.25, 0.3) is 0 Å². The molecule has 3 fully saturated rings. The van der Waals surface area contributed by atoms with E-state index in [0.717, 1.165) is 35.8 Å². The first-order chi connectivity index (χ1) is 7.74. The molecule has 1 aliphatic heterocycles. The molecule has 2 aliphatic carbocycles. The Balaban J connectivity index is 1.69. The second-order valence-corrected chi connectivity index (χ2v) is 6.85. The number of hydrogen-bond acceptors (Lipinski definition) is 1. The first-order valence-electron chi connectivity index (χ1n) is 7.50. The Morgan fingerprint density at radius 2 is 1.50 bits per heavy atom. The van der Waals surface area contributed by atoms with Crippen molar-refractivity contribution in [3.05, 3.63) is 0 Å². The second kappa shape index (κ2) is 4.33. The third-order valence-electron chi connectivity index (χ3n) is 5.78. The molecule has 3 rings (SSSR count). The van der Waals surface area contributed by atoms with Crippen LogP contribution in [-0.2, 0) is 0 Å². The molecule has 0 aromatic carbocycles. The molecule has 1 heteroatoms. The third kappa shape index (κ3) is 1.92. The summed E-state index contributed by atoms with van der Waals surface area (Å²) in [5.41, 5.74) is 0. The molecule has 0 radical (unpaired) electrons. The summed E-state index contributed by atoms with van der Waals surface area (Å²) in [6.07, 6.45) is 10.4. The second-order valence-electron chi connectivity index (χ2n) is 6.85. The first-order valence-corrected chi connectivity index (χ1v) is 7.50. The van der Waals surface area contributed by atoms with Gasteiger partial charge in [0.05, 0.1) is 0 Å². The van der Waals surface area contributed by atoms with Crippen LogP contribution in [0.1, 0.15) is 58.8 Å². The van der Waals surface area contributed by atoms with Gasteiger partial charge in [0.1, 0.15) is 0 Å². The maximum absolute atomic E-state index is 4.01. The quantitative estimate of drug-likeness (QED) is 0.659. The highest BCUT2D eigenvalue weighted by Gasteiger charge is 2.41. The van der Waals surface area contributed by atoms with E-state index in [0.29, 0.717) is 0 Å². The smallest absolute Gasteiger partial charge is 0.0101 e. The van der Waals surface area contributed by atoms with E-state index in [9.17, 15) is 0 Å². The molecule has 2 saturated carbocycles. The van der Waals surface area contributed by atoms with Crippen molar-refractivity contribution in [2.45, 2.75) is 70.9 Å². The van der Waals surface area contributed by atoms with Gasteiger partial charge in [-0.3, -0.25) is 0 Å². The molecule has 0 amide bonds. The topological polar surface area (TPSA) is 12.0 Å². The van der Waals surface area contributed by atoms with Crippen LogP contribution in [0.15, 0.2) is 0 Å². The molecular weight excluding hydrogens is 194 g/mol. The SMILES string of the molecule is CC1CC2CC3CCCCC3NC2CC1C. The van der Waals surface area contributed by atoms with E-state index < -0.39 is 0 Å². The lowest BCUT2D eigenvalue weighted by Crippen LogP contribution is -2.56. The predicted octanol–water partition coefficient (Wildman–Crippen LogP) is 3.59. The Morgan fingerprint density at radius 3 is 2.38 bits per heavy atom. The van der Waals surface area contributed by atoms with Crippen LogP contribution in [-0.4, -0.2) is 12.1 Å². The fourth-order valence-electron chi connectivity index (χ4n) is 4.54. The molecular formula is C15H27N. The zero-order chi connectivity index (χ0) is 11.1. The lowest BCUT2D eigenvalue weighted by molar-refractivity contribution is 0.0565. The highest BCUT2D eigenvalue weighted by Crippen LogP contribution is 2.43. The van der Waals surface area contributed by atoms with Gasteiger partial charge in [-0.25, -0.2) is 0 Å². The van der Waals surface area contributed by atoms with Crippen molar-refractivity contribution >= 4 is 0 Å². The summed E-state index contributed by atoms with van der Waals surface area (Å²) < 4.78 is 0. The lowest BCUT2D eigenvalue weighted by Gasteiger charge is -2.49. The van der Waals surface area contributed by atoms with Crippen molar-refractivity contribution in [3.8, 4) is 0 Å². The third-order valence-corrected chi connectivity index (χ3v) is 5.78. The van der Waals surface area contributed by atoms with Gasteiger partial charge in [0.2, 0.25) is 0 Å². The normalized spacial score (nSPS) is 52.9. The molecule has 6 atom stereocenters. The number of rotatable bonds is 0. The number of hydrogen-bond donors (Lipinski definition) is 1. The maximum Gasteiger partial charge on any atom is 0.0101 e. The minimum absolute atomic E-state index is 0.866. The summed E-state index contributed by atoms with van der Waals surface area (Å²) in [5, 5.41) is 4.01. The minimum Gasteiger partial charge on any atom is -0.311 e. The van der Waals surface area contributed by atoms with Crippen LogP contribution in [0.2, 0.25) is 0 Å². The molecule has 1 nitrogen and oxygen atoms in total. The van der Waals surface area contributed by atoms with Gasteiger partial charge in [0.25, 0.3) is 0 Å². The van der Waals surface area contributed by atoms with E-state index in [1.165, 1.54) is 38.5 Å². The molecule has 6 unspecified atom stereocenters. The van der Waals surface area contributed by atoms with Crippen molar-refractivity contribution in [2.24, 2.45) is 23.7 Å².